The number of nitriles is 1. The monoisotopic (exact) mass is 179 g/mol. The second-order valence-corrected chi connectivity index (χ2v) is 4.71. The van der Waals surface area contributed by atoms with Crippen LogP contribution in [-0.4, -0.2) is 7.85 Å². The van der Waals surface area contributed by atoms with Crippen LogP contribution < -0.4 is 0 Å². The molecule has 0 heterocycles. The lowest BCUT2D eigenvalue weighted by atomic mass is 9.79. The normalized spacial score (nSPS) is 17.4. The van der Waals surface area contributed by atoms with Crippen LogP contribution in [0.3, 0.4) is 0 Å². The molecule has 2 heteroatoms. The Labute approximate surface area is 83.9 Å². The topological polar surface area (TPSA) is 23.8 Å². The molecule has 0 aliphatic carbocycles. The van der Waals surface area contributed by atoms with Crippen molar-refractivity contribution in [2.45, 2.75) is 58.7 Å². The van der Waals surface area contributed by atoms with Crippen molar-refractivity contribution in [3.05, 3.63) is 0 Å². The minimum atomic E-state index is -0.0658. The van der Waals surface area contributed by atoms with Crippen molar-refractivity contribution in [2.24, 2.45) is 5.41 Å². The minimum absolute atomic E-state index is 0.0658. The van der Waals surface area contributed by atoms with E-state index in [-0.39, 0.29) is 5.41 Å². The Morgan fingerprint density at radius 3 is 2.46 bits per heavy atom. The summed E-state index contributed by atoms with van der Waals surface area (Å²) in [4.78, 5) is 0. The average Bonchev–Trinajstić information content (AvgIpc) is 2.04. The highest BCUT2D eigenvalue weighted by molar-refractivity contribution is 6.11. The van der Waals surface area contributed by atoms with Gasteiger partial charge in [-0.15, -0.1) is 0 Å². The summed E-state index contributed by atoms with van der Waals surface area (Å²) in [6.07, 6.45) is 5.67. The van der Waals surface area contributed by atoms with Crippen molar-refractivity contribution in [2.75, 3.05) is 0 Å². The standard InChI is InChI=1S/C11H22BN/c1-4-7-11(3,9-13)8-5-6-10(2)12/h10H,4-8,12H2,1-3H3. The predicted molar refractivity (Wildman–Crippen MR) is 60.4 cm³/mol. The summed E-state index contributed by atoms with van der Waals surface area (Å²) in [6.45, 7) is 6.48. The van der Waals surface area contributed by atoms with Gasteiger partial charge in [-0.25, -0.2) is 0 Å². The zero-order valence-electron chi connectivity index (χ0n) is 9.56. The van der Waals surface area contributed by atoms with Crippen LogP contribution in [-0.2, 0) is 0 Å². The van der Waals surface area contributed by atoms with E-state index in [1.165, 1.54) is 12.8 Å². The molecule has 2 atom stereocenters. The maximum atomic E-state index is 9.03. The SMILES string of the molecule is BC(C)CCCC(C)(C#N)CCC. The molecule has 1 nitrogen and oxygen atoms in total. The third kappa shape index (κ3) is 5.74. The van der Waals surface area contributed by atoms with Gasteiger partial charge in [-0.1, -0.05) is 38.9 Å². The van der Waals surface area contributed by atoms with Crippen LogP contribution in [0.2, 0.25) is 5.82 Å². The number of hydrogen-bond donors (Lipinski definition) is 0. The van der Waals surface area contributed by atoms with E-state index in [9.17, 15) is 0 Å². The van der Waals surface area contributed by atoms with Crippen molar-refractivity contribution in [3.63, 3.8) is 0 Å². The van der Waals surface area contributed by atoms with Gasteiger partial charge in [0.1, 0.15) is 7.85 Å². The fourth-order valence-electron chi connectivity index (χ4n) is 1.69. The molecule has 0 spiro atoms. The molecule has 0 aliphatic rings. The fourth-order valence-corrected chi connectivity index (χ4v) is 1.69. The minimum Gasteiger partial charge on any atom is -0.198 e. The molecule has 0 rings (SSSR count). The molecule has 0 bridgehead atoms. The largest absolute Gasteiger partial charge is 0.198 e. The molecule has 0 saturated heterocycles. The van der Waals surface area contributed by atoms with E-state index < -0.39 is 0 Å². The first-order valence-corrected chi connectivity index (χ1v) is 5.45. The summed E-state index contributed by atoms with van der Waals surface area (Å²) >= 11 is 0. The van der Waals surface area contributed by atoms with Gasteiger partial charge in [0.05, 0.1) is 11.5 Å². The Kier molecular flexibility index (Phi) is 5.87. The first kappa shape index (κ1) is 12.6. The molecule has 0 fully saturated rings. The van der Waals surface area contributed by atoms with E-state index in [2.05, 4.69) is 34.7 Å². The molecule has 0 N–H and O–H groups in total. The van der Waals surface area contributed by atoms with Crippen LogP contribution in [0.1, 0.15) is 52.9 Å². The van der Waals surface area contributed by atoms with Gasteiger partial charge in [0.25, 0.3) is 0 Å². The lowest BCUT2D eigenvalue weighted by Gasteiger charge is -2.20. The molecule has 0 radical (unpaired) electrons. The molecule has 0 saturated carbocycles. The summed E-state index contributed by atoms with van der Waals surface area (Å²) in [5.74, 6) is 0.768. The van der Waals surface area contributed by atoms with Gasteiger partial charge in [-0.3, -0.25) is 0 Å². The summed E-state index contributed by atoms with van der Waals surface area (Å²) in [7, 11) is 2.24. The van der Waals surface area contributed by atoms with E-state index in [0.717, 1.165) is 25.1 Å². The number of nitrogens with zero attached hydrogens (tertiary/aromatic N) is 1. The molecular formula is C11H22BN. The number of rotatable bonds is 6. The third-order valence-electron chi connectivity index (χ3n) is 2.58. The zero-order chi connectivity index (χ0) is 10.3. The highest BCUT2D eigenvalue weighted by atomic mass is 14.3. The van der Waals surface area contributed by atoms with E-state index in [1.807, 2.05) is 0 Å². The fraction of sp³-hybridized carbons (Fsp3) is 0.909. The second-order valence-electron chi connectivity index (χ2n) is 4.71. The zero-order valence-corrected chi connectivity index (χ0v) is 9.56. The molecular weight excluding hydrogens is 157 g/mol. The highest BCUT2D eigenvalue weighted by Crippen LogP contribution is 2.29. The average molecular weight is 179 g/mol. The Balaban J connectivity index is 3.78. The summed E-state index contributed by atoms with van der Waals surface area (Å²) < 4.78 is 0. The van der Waals surface area contributed by atoms with Crippen molar-refractivity contribution < 1.29 is 0 Å². The lowest BCUT2D eigenvalue weighted by Crippen LogP contribution is -2.13. The van der Waals surface area contributed by atoms with Crippen LogP contribution in [0.25, 0.3) is 0 Å². The molecule has 74 valence electrons. The second kappa shape index (κ2) is 6.08. The molecule has 2 unspecified atom stereocenters. The Morgan fingerprint density at radius 2 is 2.08 bits per heavy atom. The summed E-state index contributed by atoms with van der Waals surface area (Å²) in [6, 6.07) is 2.45. The van der Waals surface area contributed by atoms with Gasteiger partial charge in [-0.2, -0.15) is 5.26 Å². The Hall–Kier alpha value is -0.445. The van der Waals surface area contributed by atoms with Gasteiger partial charge in [0.2, 0.25) is 0 Å². The first-order valence-electron chi connectivity index (χ1n) is 5.45. The predicted octanol–water partition coefficient (Wildman–Crippen LogP) is 2.93. The molecule has 0 aromatic carbocycles. The molecule has 0 amide bonds. The van der Waals surface area contributed by atoms with Crippen LogP contribution in [0.5, 0.6) is 0 Å². The van der Waals surface area contributed by atoms with Crippen molar-refractivity contribution in [3.8, 4) is 6.07 Å². The van der Waals surface area contributed by atoms with E-state index in [4.69, 9.17) is 5.26 Å². The van der Waals surface area contributed by atoms with E-state index in [1.54, 1.807) is 0 Å². The van der Waals surface area contributed by atoms with Gasteiger partial charge < -0.3 is 0 Å². The van der Waals surface area contributed by atoms with E-state index in [0.29, 0.717) is 0 Å². The van der Waals surface area contributed by atoms with Gasteiger partial charge >= 0.3 is 0 Å². The van der Waals surface area contributed by atoms with Crippen LogP contribution in [0, 0.1) is 16.7 Å². The summed E-state index contributed by atoms with van der Waals surface area (Å²) in [5, 5.41) is 9.03. The number of hydrogen-bond acceptors (Lipinski definition) is 1. The molecule has 0 aliphatic heterocycles. The van der Waals surface area contributed by atoms with Gasteiger partial charge in [0.15, 0.2) is 0 Å². The van der Waals surface area contributed by atoms with Crippen molar-refractivity contribution in [1.82, 2.24) is 0 Å². The first-order chi connectivity index (χ1) is 6.04. The van der Waals surface area contributed by atoms with Gasteiger partial charge in [0, 0.05) is 0 Å². The Morgan fingerprint density at radius 1 is 1.46 bits per heavy atom. The molecule has 13 heavy (non-hydrogen) atoms. The van der Waals surface area contributed by atoms with Crippen molar-refractivity contribution >= 4 is 7.85 Å². The third-order valence-corrected chi connectivity index (χ3v) is 2.58. The van der Waals surface area contributed by atoms with Crippen LogP contribution in [0.15, 0.2) is 0 Å². The van der Waals surface area contributed by atoms with E-state index >= 15 is 0 Å². The quantitative estimate of drug-likeness (QED) is 0.575. The van der Waals surface area contributed by atoms with Crippen molar-refractivity contribution in [1.29, 1.82) is 5.26 Å². The maximum absolute atomic E-state index is 9.03. The highest BCUT2D eigenvalue weighted by Gasteiger charge is 2.21. The van der Waals surface area contributed by atoms with Gasteiger partial charge in [-0.05, 0) is 19.8 Å². The summed E-state index contributed by atoms with van der Waals surface area (Å²) in [5.41, 5.74) is -0.0658. The van der Waals surface area contributed by atoms with Crippen LogP contribution >= 0.6 is 0 Å². The van der Waals surface area contributed by atoms with Crippen LogP contribution in [0.4, 0.5) is 0 Å². The molecule has 0 aromatic heterocycles. The lowest BCUT2D eigenvalue weighted by molar-refractivity contribution is 0.353. The maximum Gasteiger partial charge on any atom is 0.105 e. The Bertz CT molecular complexity index is 171. The smallest absolute Gasteiger partial charge is 0.105 e. The molecule has 0 aromatic rings.